The summed E-state index contributed by atoms with van der Waals surface area (Å²) in [5, 5.41) is 3.67. The van der Waals surface area contributed by atoms with Gasteiger partial charge in [0, 0.05) is 23.0 Å². The molecule has 3 aromatic heterocycles. The number of halogens is 2. The fourth-order valence-electron chi connectivity index (χ4n) is 4.14. The van der Waals surface area contributed by atoms with Gasteiger partial charge in [-0.15, -0.1) is 22.7 Å². The third kappa shape index (κ3) is 4.48. The highest BCUT2D eigenvalue weighted by molar-refractivity contribution is 7.19. The molecular formula is C25H24F2N4O2S2. The zero-order valence-corrected chi connectivity index (χ0v) is 21.3. The Morgan fingerprint density at radius 2 is 2.06 bits per heavy atom. The van der Waals surface area contributed by atoms with Crippen LogP contribution in [-0.2, 0) is 4.74 Å². The summed E-state index contributed by atoms with van der Waals surface area (Å²) < 4.78 is 35.8. The van der Waals surface area contributed by atoms with E-state index in [1.54, 1.807) is 17.2 Å². The van der Waals surface area contributed by atoms with Gasteiger partial charge in [0.2, 0.25) is 0 Å². The van der Waals surface area contributed by atoms with Crippen LogP contribution in [0.3, 0.4) is 0 Å². The van der Waals surface area contributed by atoms with E-state index in [9.17, 15) is 9.18 Å². The Kier molecular flexibility index (Phi) is 5.96. The molecule has 35 heavy (non-hydrogen) atoms. The minimum atomic E-state index is -0.724. The first-order valence-electron chi connectivity index (χ1n) is 11.2. The second-order valence-corrected chi connectivity index (χ2v) is 11.3. The van der Waals surface area contributed by atoms with Gasteiger partial charge in [-0.1, -0.05) is 6.08 Å². The summed E-state index contributed by atoms with van der Waals surface area (Å²) >= 11 is 2.66. The van der Waals surface area contributed by atoms with Crippen LogP contribution in [0.5, 0.6) is 0 Å². The zero-order valence-electron chi connectivity index (χ0n) is 19.7. The maximum absolute atomic E-state index is 15.0. The highest BCUT2D eigenvalue weighted by atomic mass is 32.1. The number of amides is 1. The second kappa shape index (κ2) is 8.83. The molecule has 0 spiro atoms. The summed E-state index contributed by atoms with van der Waals surface area (Å²) in [6.45, 7) is 8.09. The van der Waals surface area contributed by atoms with Crippen molar-refractivity contribution in [2.75, 3.05) is 11.9 Å². The van der Waals surface area contributed by atoms with Crippen LogP contribution in [-0.4, -0.2) is 39.1 Å². The molecule has 10 heteroatoms. The third-order valence-corrected chi connectivity index (χ3v) is 7.65. The number of nitrogens with one attached hydrogen (secondary N) is 1. The molecule has 0 bridgehead atoms. The normalized spacial score (nSPS) is 16.6. The predicted molar refractivity (Wildman–Crippen MR) is 137 cm³/mol. The van der Waals surface area contributed by atoms with Gasteiger partial charge in [-0.05, 0) is 57.9 Å². The number of rotatable bonds is 3. The van der Waals surface area contributed by atoms with E-state index in [0.717, 1.165) is 20.7 Å². The number of benzene rings is 1. The molecule has 1 amide bonds. The smallest absolute Gasteiger partial charge is 0.410 e. The molecule has 182 valence electrons. The van der Waals surface area contributed by atoms with Crippen LogP contribution in [0.1, 0.15) is 39.0 Å². The number of ether oxygens (including phenoxy) is 1. The van der Waals surface area contributed by atoms with Gasteiger partial charge in [0.25, 0.3) is 0 Å². The van der Waals surface area contributed by atoms with Crippen molar-refractivity contribution in [3.05, 3.63) is 52.5 Å². The van der Waals surface area contributed by atoms with Crippen LogP contribution in [0.2, 0.25) is 0 Å². The van der Waals surface area contributed by atoms with Gasteiger partial charge < -0.3 is 15.0 Å². The Morgan fingerprint density at radius 1 is 1.26 bits per heavy atom. The Hall–Kier alpha value is -3.11. The van der Waals surface area contributed by atoms with Crippen molar-refractivity contribution in [3.63, 3.8) is 0 Å². The summed E-state index contributed by atoms with van der Waals surface area (Å²) in [6, 6.07) is 4.74. The summed E-state index contributed by atoms with van der Waals surface area (Å²) in [4.78, 5) is 24.6. The quantitative estimate of drug-likeness (QED) is 0.310. The highest BCUT2D eigenvalue weighted by Gasteiger charge is 2.31. The van der Waals surface area contributed by atoms with Crippen molar-refractivity contribution in [3.8, 4) is 0 Å². The van der Waals surface area contributed by atoms with Gasteiger partial charge in [-0.2, -0.15) is 0 Å². The van der Waals surface area contributed by atoms with Crippen molar-refractivity contribution in [2.24, 2.45) is 0 Å². The van der Waals surface area contributed by atoms with Crippen LogP contribution in [0, 0.1) is 11.6 Å². The fraction of sp³-hybridized carbons (Fsp3) is 0.320. The van der Waals surface area contributed by atoms with Crippen molar-refractivity contribution in [1.82, 2.24) is 14.9 Å². The summed E-state index contributed by atoms with van der Waals surface area (Å²) in [5.74, 6) is -1.41. The molecule has 4 aromatic rings. The van der Waals surface area contributed by atoms with Gasteiger partial charge in [0.05, 0.1) is 21.9 Å². The Morgan fingerprint density at radius 3 is 2.83 bits per heavy atom. The number of anilines is 2. The Bertz CT molecular complexity index is 1470. The number of thiazole rings is 1. The molecule has 1 N–H and O–H groups in total. The van der Waals surface area contributed by atoms with Crippen LogP contribution >= 0.6 is 22.7 Å². The molecule has 4 heterocycles. The van der Waals surface area contributed by atoms with E-state index < -0.39 is 17.2 Å². The molecule has 1 atom stereocenters. The summed E-state index contributed by atoms with van der Waals surface area (Å²) in [7, 11) is 0. The minimum Gasteiger partial charge on any atom is -0.444 e. The average molecular weight is 515 g/mol. The van der Waals surface area contributed by atoms with E-state index in [4.69, 9.17) is 4.74 Å². The first-order chi connectivity index (χ1) is 16.6. The lowest BCUT2D eigenvalue weighted by Crippen LogP contribution is -2.44. The van der Waals surface area contributed by atoms with E-state index in [2.05, 4.69) is 21.4 Å². The van der Waals surface area contributed by atoms with E-state index in [1.807, 2.05) is 33.8 Å². The maximum Gasteiger partial charge on any atom is 0.410 e. The molecule has 1 aliphatic heterocycles. The monoisotopic (exact) mass is 514 g/mol. The zero-order chi connectivity index (χ0) is 24.9. The third-order valence-electron chi connectivity index (χ3n) is 5.78. The van der Waals surface area contributed by atoms with Crippen molar-refractivity contribution < 1.29 is 18.3 Å². The summed E-state index contributed by atoms with van der Waals surface area (Å²) in [5.41, 5.74) is 2.34. The van der Waals surface area contributed by atoms with E-state index in [0.29, 0.717) is 23.4 Å². The summed E-state index contributed by atoms with van der Waals surface area (Å²) in [6.07, 6.45) is 4.09. The van der Waals surface area contributed by atoms with Crippen LogP contribution < -0.4 is 5.32 Å². The second-order valence-electron chi connectivity index (χ2n) is 9.36. The molecule has 1 aliphatic rings. The number of nitrogens with zero attached hydrogens (tertiary/aromatic N) is 3. The van der Waals surface area contributed by atoms with Gasteiger partial charge in [0.1, 0.15) is 21.6 Å². The van der Waals surface area contributed by atoms with E-state index >= 15 is 4.39 Å². The first kappa shape index (κ1) is 23.6. The lowest BCUT2D eigenvalue weighted by atomic mass is 10.00. The van der Waals surface area contributed by atoms with Crippen LogP contribution in [0.25, 0.3) is 26.0 Å². The SMILES string of the molecule is CC1C(c2cc3c(Nc4c(F)cc5scnc5c4F)ccnc3s2)=CCCN1C(=O)OC(C)(C)C. The van der Waals surface area contributed by atoms with Gasteiger partial charge >= 0.3 is 6.09 Å². The molecule has 0 aliphatic carbocycles. The molecular weight excluding hydrogens is 490 g/mol. The first-order valence-corrected chi connectivity index (χ1v) is 12.9. The van der Waals surface area contributed by atoms with Crippen molar-refractivity contribution in [1.29, 1.82) is 0 Å². The fourth-order valence-corrected chi connectivity index (χ4v) is 5.99. The molecule has 0 fully saturated rings. The van der Waals surface area contributed by atoms with Gasteiger partial charge in [0.15, 0.2) is 11.6 Å². The average Bonchev–Trinajstić information content (AvgIpc) is 3.43. The predicted octanol–water partition coefficient (Wildman–Crippen LogP) is 7.34. The molecule has 1 aromatic carbocycles. The van der Waals surface area contributed by atoms with Crippen molar-refractivity contribution in [2.45, 2.75) is 45.8 Å². The number of fused-ring (bicyclic) bond motifs is 2. The lowest BCUT2D eigenvalue weighted by molar-refractivity contribution is 0.0214. The lowest BCUT2D eigenvalue weighted by Gasteiger charge is -2.35. The number of hydrogen-bond donors (Lipinski definition) is 1. The maximum atomic E-state index is 15.0. The highest BCUT2D eigenvalue weighted by Crippen LogP contribution is 2.39. The topological polar surface area (TPSA) is 67.4 Å². The molecule has 0 saturated carbocycles. The number of carbonyl (C=O) groups excluding carboxylic acids is 1. The number of aromatic nitrogens is 2. The van der Waals surface area contributed by atoms with Crippen molar-refractivity contribution >= 4 is 66.1 Å². The number of pyridine rings is 1. The largest absolute Gasteiger partial charge is 0.444 e. The van der Waals surface area contributed by atoms with Gasteiger partial charge in [-0.25, -0.2) is 23.5 Å². The molecule has 0 saturated heterocycles. The Balaban J connectivity index is 1.48. The molecule has 6 nitrogen and oxygen atoms in total. The number of hydrogen-bond acceptors (Lipinski definition) is 7. The van der Waals surface area contributed by atoms with E-state index in [-0.39, 0.29) is 23.3 Å². The van der Waals surface area contributed by atoms with Gasteiger partial charge in [-0.3, -0.25) is 0 Å². The standard InChI is InChI=1S/C25H24F2N4O2S2/c1-13-14(6-5-9-31(13)24(32)33-25(2,3)4)18-10-15-17(7-8-28-23(15)35-18)30-21-16(26)11-19-22(20(21)27)29-12-34-19/h6-8,10-13H,5,9H2,1-4H3,(H,28,30). The van der Waals surface area contributed by atoms with E-state index in [1.165, 1.54) is 34.3 Å². The molecule has 1 unspecified atom stereocenters. The van der Waals surface area contributed by atoms with Crippen LogP contribution in [0.15, 0.2) is 36.0 Å². The molecule has 0 radical (unpaired) electrons. The Labute approximate surface area is 209 Å². The number of carbonyl (C=O) groups is 1. The molecule has 5 rings (SSSR count). The minimum absolute atomic E-state index is 0.138. The number of thiophene rings is 1. The van der Waals surface area contributed by atoms with Crippen LogP contribution in [0.4, 0.5) is 25.0 Å².